The van der Waals surface area contributed by atoms with Crippen LogP contribution in [0.1, 0.15) is 25.3 Å². The van der Waals surface area contributed by atoms with E-state index in [-0.39, 0.29) is 18.4 Å². The molecule has 1 aliphatic heterocycles. The lowest BCUT2D eigenvalue weighted by Gasteiger charge is -2.16. The van der Waals surface area contributed by atoms with Gasteiger partial charge in [-0.05, 0) is 30.0 Å². The van der Waals surface area contributed by atoms with Gasteiger partial charge in [0, 0.05) is 19.1 Å². The maximum atomic E-state index is 13.2. The molecule has 1 saturated heterocycles. The minimum absolute atomic E-state index is 0.0375. The lowest BCUT2D eigenvalue weighted by Crippen LogP contribution is -2.33. The van der Waals surface area contributed by atoms with E-state index in [9.17, 15) is 9.18 Å². The molecule has 2 atom stereocenters. The fourth-order valence-electron chi connectivity index (χ4n) is 2.72. The van der Waals surface area contributed by atoms with Gasteiger partial charge < -0.3 is 15.7 Å². The minimum atomic E-state index is -0.697. The van der Waals surface area contributed by atoms with Crippen LogP contribution in [0.15, 0.2) is 18.2 Å². The summed E-state index contributed by atoms with van der Waals surface area (Å²) in [5, 5.41) is 9.13. The molecule has 0 radical (unpaired) electrons. The fourth-order valence-corrected chi connectivity index (χ4v) is 2.72. The van der Waals surface area contributed by atoms with Crippen molar-refractivity contribution in [1.82, 2.24) is 4.90 Å². The number of carbonyl (C=O) groups is 1. The maximum absolute atomic E-state index is 13.2. The Morgan fingerprint density at radius 2 is 2.25 bits per heavy atom. The van der Waals surface area contributed by atoms with Crippen molar-refractivity contribution in [2.75, 3.05) is 13.1 Å². The molecule has 0 aliphatic carbocycles. The zero-order valence-electron chi connectivity index (χ0n) is 11.7. The summed E-state index contributed by atoms with van der Waals surface area (Å²) in [5.41, 5.74) is 6.61. The minimum Gasteiger partial charge on any atom is -0.505 e. The van der Waals surface area contributed by atoms with Crippen molar-refractivity contribution in [3.05, 3.63) is 29.6 Å². The monoisotopic (exact) mass is 280 g/mol. The van der Waals surface area contributed by atoms with Crippen molar-refractivity contribution >= 4 is 5.91 Å². The van der Waals surface area contributed by atoms with Crippen molar-refractivity contribution in [2.24, 2.45) is 11.7 Å². The highest BCUT2D eigenvalue weighted by atomic mass is 19.1. The number of benzene rings is 1. The molecular formula is C15H21FN2O2. The fraction of sp³-hybridized carbons (Fsp3) is 0.533. The molecule has 1 aliphatic rings. The summed E-state index contributed by atoms with van der Waals surface area (Å²) >= 11 is 0. The van der Waals surface area contributed by atoms with Gasteiger partial charge in [-0.15, -0.1) is 0 Å². The summed E-state index contributed by atoms with van der Waals surface area (Å²) in [5.74, 6) is -0.769. The first-order valence-electron chi connectivity index (χ1n) is 7.02. The molecule has 0 saturated carbocycles. The van der Waals surface area contributed by atoms with Gasteiger partial charge in [-0.3, -0.25) is 4.79 Å². The molecule has 0 spiro atoms. The zero-order valence-corrected chi connectivity index (χ0v) is 11.7. The molecule has 0 aromatic heterocycles. The van der Waals surface area contributed by atoms with Gasteiger partial charge in [0.05, 0.1) is 6.42 Å². The number of hydrogen-bond acceptors (Lipinski definition) is 3. The molecule has 1 amide bonds. The van der Waals surface area contributed by atoms with E-state index in [0.29, 0.717) is 24.6 Å². The van der Waals surface area contributed by atoms with E-state index >= 15 is 0 Å². The van der Waals surface area contributed by atoms with Gasteiger partial charge in [-0.1, -0.05) is 19.4 Å². The molecule has 1 aromatic carbocycles. The van der Waals surface area contributed by atoms with Gasteiger partial charge in [-0.25, -0.2) is 4.39 Å². The molecular weight excluding hydrogens is 259 g/mol. The lowest BCUT2D eigenvalue weighted by molar-refractivity contribution is -0.129. The second-order valence-corrected chi connectivity index (χ2v) is 5.47. The van der Waals surface area contributed by atoms with Crippen molar-refractivity contribution in [3.63, 3.8) is 0 Å². The topological polar surface area (TPSA) is 66.6 Å². The summed E-state index contributed by atoms with van der Waals surface area (Å²) in [6, 6.07) is 4.08. The number of hydrogen-bond donors (Lipinski definition) is 2. The first-order valence-corrected chi connectivity index (χ1v) is 7.02. The van der Waals surface area contributed by atoms with Crippen LogP contribution < -0.4 is 5.73 Å². The Kier molecular flexibility index (Phi) is 4.60. The molecule has 2 rings (SSSR count). The maximum Gasteiger partial charge on any atom is 0.227 e. The van der Waals surface area contributed by atoms with Crippen LogP contribution in [0.4, 0.5) is 4.39 Å². The van der Waals surface area contributed by atoms with E-state index in [1.54, 1.807) is 11.0 Å². The normalized spacial score (nSPS) is 22.2. The molecule has 0 unspecified atom stereocenters. The van der Waals surface area contributed by atoms with Crippen molar-refractivity contribution in [2.45, 2.75) is 32.2 Å². The average Bonchev–Trinajstić information content (AvgIpc) is 2.76. The molecule has 5 heteroatoms. The Balaban J connectivity index is 1.97. The molecule has 3 N–H and O–H groups in total. The molecule has 1 aromatic rings. The van der Waals surface area contributed by atoms with Crippen molar-refractivity contribution in [1.29, 1.82) is 0 Å². The zero-order chi connectivity index (χ0) is 14.7. The Labute approximate surface area is 118 Å². The highest BCUT2D eigenvalue weighted by molar-refractivity contribution is 5.79. The van der Waals surface area contributed by atoms with Crippen LogP contribution in [0.25, 0.3) is 0 Å². The van der Waals surface area contributed by atoms with E-state index in [0.717, 1.165) is 12.8 Å². The molecule has 0 bridgehead atoms. The van der Waals surface area contributed by atoms with Crippen LogP contribution in [0.3, 0.4) is 0 Å². The number of amides is 1. The highest BCUT2D eigenvalue weighted by Gasteiger charge is 2.31. The van der Waals surface area contributed by atoms with Gasteiger partial charge in [0.2, 0.25) is 5.91 Å². The van der Waals surface area contributed by atoms with Gasteiger partial charge in [0.25, 0.3) is 0 Å². The number of nitrogens with zero attached hydrogens (tertiary/aromatic N) is 1. The third-order valence-corrected chi connectivity index (χ3v) is 3.87. The number of carbonyl (C=O) groups excluding carboxylic acids is 1. The van der Waals surface area contributed by atoms with E-state index in [4.69, 9.17) is 10.8 Å². The lowest BCUT2D eigenvalue weighted by atomic mass is 9.99. The Morgan fingerprint density at radius 3 is 2.90 bits per heavy atom. The van der Waals surface area contributed by atoms with E-state index in [1.807, 2.05) is 0 Å². The number of halogens is 1. The number of likely N-dealkylation sites (tertiary alicyclic amines) is 1. The average molecular weight is 280 g/mol. The number of aromatic hydroxyl groups is 1. The summed E-state index contributed by atoms with van der Waals surface area (Å²) in [6.45, 7) is 3.37. The first-order chi connectivity index (χ1) is 9.51. The Morgan fingerprint density at radius 1 is 1.50 bits per heavy atom. The van der Waals surface area contributed by atoms with Gasteiger partial charge >= 0.3 is 0 Å². The summed E-state index contributed by atoms with van der Waals surface area (Å²) in [7, 11) is 0. The molecule has 1 fully saturated rings. The van der Waals surface area contributed by atoms with Gasteiger partial charge in [0.15, 0.2) is 11.6 Å². The van der Waals surface area contributed by atoms with E-state index < -0.39 is 11.6 Å². The standard InChI is InChI=1S/C15H21FN2O2/c1-2-3-11-8-18(9-13(11)17)15(20)7-10-4-5-14(19)12(16)6-10/h4-6,11,13,19H,2-3,7-9,17H2,1H3/t11-,13-/m0/s1. The molecule has 1 heterocycles. The SMILES string of the molecule is CCC[C@H]1CN(C(=O)Cc2ccc(O)c(F)c2)C[C@@H]1N. The highest BCUT2D eigenvalue weighted by Crippen LogP contribution is 2.22. The molecule has 110 valence electrons. The third kappa shape index (κ3) is 3.28. The second kappa shape index (κ2) is 6.22. The largest absolute Gasteiger partial charge is 0.505 e. The summed E-state index contributed by atoms with van der Waals surface area (Å²) in [6.07, 6.45) is 2.23. The van der Waals surface area contributed by atoms with Gasteiger partial charge in [-0.2, -0.15) is 0 Å². The second-order valence-electron chi connectivity index (χ2n) is 5.47. The first kappa shape index (κ1) is 14.8. The molecule has 20 heavy (non-hydrogen) atoms. The summed E-state index contributed by atoms with van der Waals surface area (Å²) < 4.78 is 13.2. The van der Waals surface area contributed by atoms with Crippen LogP contribution in [-0.2, 0) is 11.2 Å². The third-order valence-electron chi connectivity index (χ3n) is 3.87. The number of rotatable bonds is 4. The van der Waals surface area contributed by atoms with E-state index in [1.165, 1.54) is 12.1 Å². The van der Waals surface area contributed by atoms with Gasteiger partial charge in [0.1, 0.15) is 0 Å². The van der Waals surface area contributed by atoms with Crippen LogP contribution in [0.2, 0.25) is 0 Å². The predicted molar refractivity (Wildman–Crippen MR) is 74.7 cm³/mol. The number of phenols is 1. The van der Waals surface area contributed by atoms with Crippen LogP contribution in [0.5, 0.6) is 5.75 Å². The smallest absolute Gasteiger partial charge is 0.227 e. The molecule has 4 nitrogen and oxygen atoms in total. The summed E-state index contributed by atoms with van der Waals surface area (Å²) in [4.78, 5) is 14.0. The predicted octanol–water partition coefficient (Wildman–Crippen LogP) is 1.66. The quantitative estimate of drug-likeness (QED) is 0.881. The number of nitrogens with two attached hydrogens (primary N) is 1. The number of phenolic OH excluding ortho intramolecular Hbond substituents is 1. The van der Waals surface area contributed by atoms with E-state index in [2.05, 4.69) is 6.92 Å². The van der Waals surface area contributed by atoms with Crippen LogP contribution >= 0.6 is 0 Å². The Hall–Kier alpha value is -1.62. The van der Waals surface area contributed by atoms with Crippen LogP contribution in [-0.4, -0.2) is 35.0 Å². The Bertz CT molecular complexity index is 493. The van der Waals surface area contributed by atoms with Crippen LogP contribution in [0, 0.1) is 11.7 Å². The van der Waals surface area contributed by atoms with Crippen molar-refractivity contribution in [3.8, 4) is 5.75 Å². The van der Waals surface area contributed by atoms with Crippen molar-refractivity contribution < 1.29 is 14.3 Å².